The summed E-state index contributed by atoms with van der Waals surface area (Å²) >= 11 is 0. The Hall–Kier alpha value is -2.33. The number of aliphatic hydroxyl groups excluding tert-OH is 2. The Morgan fingerprint density at radius 3 is 1.44 bits per heavy atom. The molecule has 0 saturated heterocycles. The van der Waals surface area contributed by atoms with Crippen molar-refractivity contribution in [2.45, 2.75) is 193 Å². The largest absolute Gasteiger partial charge is 0.472 e. The zero-order chi connectivity index (χ0) is 41.9. The Labute approximate surface area is 346 Å². The van der Waals surface area contributed by atoms with E-state index >= 15 is 0 Å². The molecule has 330 valence electrons. The molecule has 0 aliphatic carbocycles. The topological polar surface area (TPSA) is 149 Å². The van der Waals surface area contributed by atoms with Gasteiger partial charge in [0.05, 0.1) is 19.8 Å². The van der Waals surface area contributed by atoms with Crippen LogP contribution in [0.25, 0.3) is 0 Å². The van der Waals surface area contributed by atoms with Crippen LogP contribution < -0.4 is 0 Å². The maximum atomic E-state index is 12.6. The lowest BCUT2D eigenvalue weighted by atomic mass is 10.1. The fraction of sp³-hybridized carbons (Fsp3) is 0.739. The molecule has 0 saturated carbocycles. The van der Waals surface area contributed by atoms with Crippen molar-refractivity contribution in [3.8, 4) is 0 Å². The van der Waals surface area contributed by atoms with Crippen LogP contribution in [-0.4, -0.2) is 65.7 Å². The molecule has 0 aliphatic heterocycles. The van der Waals surface area contributed by atoms with Crippen molar-refractivity contribution in [3.05, 3.63) is 60.8 Å². The molecule has 11 heteroatoms. The van der Waals surface area contributed by atoms with E-state index in [1.165, 1.54) is 77.0 Å². The molecule has 3 atom stereocenters. The predicted octanol–water partition coefficient (Wildman–Crippen LogP) is 11.9. The highest BCUT2D eigenvalue weighted by molar-refractivity contribution is 7.47. The first-order valence-electron chi connectivity index (χ1n) is 22.2. The maximum absolute atomic E-state index is 12.6. The average molecular weight is 825 g/mol. The summed E-state index contributed by atoms with van der Waals surface area (Å²) in [7, 11) is -4.63. The van der Waals surface area contributed by atoms with E-state index < -0.39 is 51.8 Å². The second kappa shape index (κ2) is 41.8. The molecule has 1 unspecified atom stereocenters. The van der Waals surface area contributed by atoms with E-state index in [1.807, 2.05) is 0 Å². The lowest BCUT2D eigenvalue weighted by molar-refractivity contribution is -0.161. The molecule has 0 aromatic heterocycles. The molecule has 0 amide bonds. The van der Waals surface area contributed by atoms with Gasteiger partial charge >= 0.3 is 19.8 Å². The molecule has 57 heavy (non-hydrogen) atoms. The van der Waals surface area contributed by atoms with Crippen LogP contribution >= 0.6 is 7.82 Å². The lowest BCUT2D eigenvalue weighted by Crippen LogP contribution is -2.29. The van der Waals surface area contributed by atoms with Gasteiger partial charge in [0, 0.05) is 12.8 Å². The van der Waals surface area contributed by atoms with Gasteiger partial charge in [-0.25, -0.2) is 4.57 Å². The van der Waals surface area contributed by atoms with Crippen molar-refractivity contribution in [2.75, 3.05) is 26.4 Å². The molecular formula is C46H81O10P. The van der Waals surface area contributed by atoms with Crippen LogP contribution in [0, 0.1) is 0 Å². The second-order valence-corrected chi connectivity index (χ2v) is 16.2. The van der Waals surface area contributed by atoms with Crippen molar-refractivity contribution in [1.82, 2.24) is 0 Å². The molecule has 0 rings (SSSR count). The van der Waals surface area contributed by atoms with Gasteiger partial charge in [0.15, 0.2) is 6.10 Å². The zero-order valence-corrected chi connectivity index (χ0v) is 36.7. The number of hydrogen-bond acceptors (Lipinski definition) is 9. The van der Waals surface area contributed by atoms with E-state index in [4.69, 9.17) is 19.1 Å². The fourth-order valence-corrected chi connectivity index (χ4v) is 6.47. The molecule has 0 aromatic rings. The molecule has 0 radical (unpaired) electrons. The van der Waals surface area contributed by atoms with Gasteiger partial charge in [-0.3, -0.25) is 18.6 Å². The highest BCUT2D eigenvalue weighted by Gasteiger charge is 2.27. The monoisotopic (exact) mass is 825 g/mol. The number of phosphoric acid groups is 1. The Morgan fingerprint density at radius 1 is 0.526 bits per heavy atom. The van der Waals surface area contributed by atoms with E-state index in [2.05, 4.69) is 79.1 Å². The standard InChI is InChI=1S/C46H81O10P/c1-3-5-7-9-11-13-15-17-19-20-21-22-24-26-28-30-32-34-36-38-46(50)56-44(42-55-57(51,52)54-40-43(48)39-47)41-53-45(49)37-35-33-31-29-27-25-23-18-16-14-12-10-8-6-4-2/h11,13-14,16-17,19,21-22,26,28,43-44,47-48H,3-10,12,15,18,20,23-25,27,29-42H2,1-2H3,(H,51,52)/b13-11-,16-14-,19-17-,22-21-,28-26-/t43-,44+/m0/s1. The Balaban J connectivity index is 4.37. The van der Waals surface area contributed by atoms with Crippen molar-refractivity contribution >= 4 is 19.8 Å². The van der Waals surface area contributed by atoms with Gasteiger partial charge in [-0.2, -0.15) is 0 Å². The SMILES string of the molecule is CCCCC/C=C\C/C=C\C/C=C\C/C=C\CCCCCC(=O)O[C@H](COC(=O)CCCCCCCCC/C=C\CCCCCC)COP(=O)(O)OC[C@@H](O)CO. The van der Waals surface area contributed by atoms with E-state index in [0.717, 1.165) is 64.2 Å². The fourth-order valence-electron chi connectivity index (χ4n) is 5.68. The highest BCUT2D eigenvalue weighted by atomic mass is 31.2. The normalized spacial score (nSPS) is 14.4. The molecule has 10 nitrogen and oxygen atoms in total. The second-order valence-electron chi connectivity index (χ2n) is 14.7. The molecule has 0 bridgehead atoms. The van der Waals surface area contributed by atoms with Crippen LogP contribution in [0.5, 0.6) is 0 Å². The van der Waals surface area contributed by atoms with Gasteiger partial charge in [0.2, 0.25) is 0 Å². The molecule has 0 aliphatic rings. The third-order valence-electron chi connectivity index (χ3n) is 9.14. The number of hydrogen-bond donors (Lipinski definition) is 3. The predicted molar refractivity (Wildman–Crippen MR) is 233 cm³/mol. The number of esters is 2. The summed E-state index contributed by atoms with van der Waals surface area (Å²) in [6.45, 7) is 2.29. The number of allylic oxidation sites excluding steroid dienone is 10. The van der Waals surface area contributed by atoms with Gasteiger partial charge < -0.3 is 24.6 Å². The van der Waals surface area contributed by atoms with Crippen molar-refractivity contribution in [3.63, 3.8) is 0 Å². The summed E-state index contributed by atoms with van der Waals surface area (Å²) in [5, 5.41) is 18.3. The lowest BCUT2D eigenvalue weighted by Gasteiger charge is -2.20. The van der Waals surface area contributed by atoms with Gasteiger partial charge in [0.25, 0.3) is 0 Å². The Kier molecular flexibility index (Phi) is 40.1. The quantitative estimate of drug-likeness (QED) is 0.0235. The van der Waals surface area contributed by atoms with Crippen LogP contribution in [0.3, 0.4) is 0 Å². The number of aliphatic hydroxyl groups is 2. The van der Waals surface area contributed by atoms with E-state index in [1.54, 1.807) is 0 Å². The van der Waals surface area contributed by atoms with Crippen molar-refractivity contribution in [1.29, 1.82) is 0 Å². The van der Waals surface area contributed by atoms with Crippen LogP contribution in [0.1, 0.15) is 181 Å². The minimum absolute atomic E-state index is 0.144. The third-order valence-corrected chi connectivity index (χ3v) is 10.1. The van der Waals surface area contributed by atoms with E-state index in [9.17, 15) is 24.2 Å². The van der Waals surface area contributed by atoms with E-state index in [-0.39, 0.29) is 19.4 Å². The minimum Gasteiger partial charge on any atom is -0.462 e. The first-order valence-corrected chi connectivity index (χ1v) is 23.7. The number of carbonyl (C=O) groups is 2. The van der Waals surface area contributed by atoms with Crippen LogP contribution in [0.15, 0.2) is 60.8 Å². The van der Waals surface area contributed by atoms with Gasteiger partial charge in [-0.1, -0.05) is 145 Å². The number of ether oxygens (including phenoxy) is 2. The highest BCUT2D eigenvalue weighted by Crippen LogP contribution is 2.43. The zero-order valence-electron chi connectivity index (χ0n) is 35.8. The van der Waals surface area contributed by atoms with Gasteiger partial charge in [0.1, 0.15) is 12.7 Å². The van der Waals surface area contributed by atoms with Gasteiger partial charge in [-0.15, -0.1) is 0 Å². The van der Waals surface area contributed by atoms with Crippen LogP contribution in [0.4, 0.5) is 0 Å². The number of unbranched alkanes of at least 4 members (excludes halogenated alkanes) is 17. The summed E-state index contributed by atoms with van der Waals surface area (Å²) in [6, 6.07) is 0. The van der Waals surface area contributed by atoms with Crippen molar-refractivity contribution < 1.29 is 47.8 Å². The minimum atomic E-state index is -4.63. The van der Waals surface area contributed by atoms with Gasteiger partial charge in [-0.05, 0) is 83.5 Å². The van der Waals surface area contributed by atoms with E-state index in [0.29, 0.717) is 12.8 Å². The molecule has 0 heterocycles. The van der Waals surface area contributed by atoms with Crippen molar-refractivity contribution in [2.24, 2.45) is 0 Å². The summed E-state index contributed by atoms with van der Waals surface area (Å²) in [5.74, 6) is -0.968. The molecule has 0 fully saturated rings. The molecule has 3 N–H and O–H groups in total. The number of carbonyl (C=O) groups excluding carboxylic acids is 2. The summed E-state index contributed by atoms with van der Waals surface area (Å²) < 4.78 is 32.7. The van der Waals surface area contributed by atoms with Crippen LogP contribution in [-0.2, 0) is 32.7 Å². The number of phosphoric ester groups is 1. The summed E-state index contributed by atoms with van der Waals surface area (Å²) in [5.41, 5.74) is 0. The molecular weight excluding hydrogens is 743 g/mol. The molecule has 0 aromatic carbocycles. The third kappa shape index (κ3) is 41.6. The first-order chi connectivity index (χ1) is 27.7. The average Bonchev–Trinajstić information content (AvgIpc) is 3.20. The Morgan fingerprint density at radius 2 is 0.912 bits per heavy atom. The summed E-state index contributed by atoms with van der Waals surface area (Å²) in [4.78, 5) is 35.0. The molecule has 0 spiro atoms. The first kappa shape index (κ1) is 54.7. The van der Waals surface area contributed by atoms with Crippen LogP contribution in [0.2, 0.25) is 0 Å². The summed E-state index contributed by atoms with van der Waals surface area (Å²) in [6.07, 6.45) is 46.1. The number of rotatable bonds is 41. The maximum Gasteiger partial charge on any atom is 0.472 e. The Bertz CT molecular complexity index is 1130. The smallest absolute Gasteiger partial charge is 0.462 e.